The number of carbonyl (C=O) groups is 3. The SMILES string of the molecule is O=C(COC(=O)[C@H]1CC(=O)N(c2ccc(Cl)cc2)C1)Nc1cccc([N+](=O)[O-])c1. The van der Waals surface area contributed by atoms with Gasteiger partial charge in [-0.3, -0.25) is 24.5 Å². The molecule has 1 aliphatic rings. The van der Waals surface area contributed by atoms with Crippen LogP contribution in [0.15, 0.2) is 48.5 Å². The standard InChI is InChI=1S/C19H16ClN3O6/c20-13-4-6-15(7-5-13)22-10-12(8-18(22)25)19(26)29-11-17(24)21-14-2-1-3-16(9-14)23(27)28/h1-7,9,12H,8,10-11H2,(H,21,24)/t12-/m0/s1. The average Bonchev–Trinajstić information content (AvgIpc) is 3.08. The van der Waals surface area contributed by atoms with Gasteiger partial charge in [0.05, 0.1) is 10.8 Å². The summed E-state index contributed by atoms with van der Waals surface area (Å²) in [6.45, 7) is -0.418. The van der Waals surface area contributed by atoms with Gasteiger partial charge in [0, 0.05) is 41.5 Å². The molecule has 1 fully saturated rings. The molecule has 150 valence electrons. The van der Waals surface area contributed by atoms with Gasteiger partial charge in [-0.25, -0.2) is 0 Å². The number of nitro groups is 1. The first kappa shape index (κ1) is 20.3. The molecule has 0 aliphatic carbocycles. The highest BCUT2D eigenvalue weighted by atomic mass is 35.5. The molecule has 0 unspecified atom stereocenters. The summed E-state index contributed by atoms with van der Waals surface area (Å²) in [5, 5.41) is 13.7. The van der Waals surface area contributed by atoms with Gasteiger partial charge < -0.3 is 15.0 Å². The number of carbonyl (C=O) groups excluding carboxylic acids is 3. The third-order valence-electron chi connectivity index (χ3n) is 4.28. The first-order chi connectivity index (χ1) is 13.8. The van der Waals surface area contributed by atoms with Crippen LogP contribution in [0.4, 0.5) is 17.1 Å². The highest BCUT2D eigenvalue weighted by Crippen LogP contribution is 2.27. The van der Waals surface area contributed by atoms with Gasteiger partial charge in [-0.05, 0) is 30.3 Å². The van der Waals surface area contributed by atoms with Crippen LogP contribution in [0.5, 0.6) is 0 Å². The van der Waals surface area contributed by atoms with Gasteiger partial charge in [-0.15, -0.1) is 0 Å². The summed E-state index contributed by atoms with van der Waals surface area (Å²) in [7, 11) is 0. The lowest BCUT2D eigenvalue weighted by Crippen LogP contribution is -2.28. The van der Waals surface area contributed by atoms with E-state index in [1.54, 1.807) is 24.3 Å². The Hall–Kier alpha value is -3.46. The van der Waals surface area contributed by atoms with Gasteiger partial charge in [0.25, 0.3) is 11.6 Å². The molecular weight excluding hydrogens is 402 g/mol. The van der Waals surface area contributed by atoms with Crippen molar-refractivity contribution in [1.29, 1.82) is 0 Å². The third-order valence-corrected chi connectivity index (χ3v) is 4.53. The molecule has 1 heterocycles. The fraction of sp³-hybridized carbons (Fsp3) is 0.211. The fourth-order valence-corrected chi connectivity index (χ4v) is 3.01. The lowest BCUT2D eigenvalue weighted by atomic mass is 10.1. The van der Waals surface area contributed by atoms with E-state index in [0.29, 0.717) is 10.7 Å². The molecule has 0 radical (unpaired) electrons. The molecule has 0 aromatic heterocycles. The van der Waals surface area contributed by atoms with Gasteiger partial charge in [0.15, 0.2) is 6.61 Å². The predicted molar refractivity (Wildman–Crippen MR) is 105 cm³/mol. The van der Waals surface area contributed by atoms with Gasteiger partial charge in [-0.2, -0.15) is 0 Å². The van der Waals surface area contributed by atoms with E-state index >= 15 is 0 Å². The normalized spacial score (nSPS) is 15.8. The Morgan fingerprint density at radius 2 is 1.97 bits per heavy atom. The molecular formula is C19H16ClN3O6. The Labute approximate surface area is 170 Å². The van der Waals surface area contributed by atoms with Gasteiger partial charge in [-0.1, -0.05) is 17.7 Å². The van der Waals surface area contributed by atoms with E-state index < -0.39 is 29.3 Å². The monoisotopic (exact) mass is 417 g/mol. The lowest BCUT2D eigenvalue weighted by molar-refractivity contribution is -0.384. The first-order valence-electron chi connectivity index (χ1n) is 8.60. The summed E-state index contributed by atoms with van der Waals surface area (Å²) in [6.07, 6.45) is -0.0199. The number of hydrogen-bond donors (Lipinski definition) is 1. The van der Waals surface area contributed by atoms with E-state index in [4.69, 9.17) is 16.3 Å². The minimum Gasteiger partial charge on any atom is -0.455 e. The fourth-order valence-electron chi connectivity index (χ4n) is 2.88. The number of amides is 2. The van der Waals surface area contributed by atoms with Crippen molar-refractivity contribution in [1.82, 2.24) is 0 Å². The molecule has 3 rings (SSSR count). The van der Waals surface area contributed by atoms with Crippen LogP contribution in [-0.4, -0.2) is 35.9 Å². The number of ether oxygens (including phenoxy) is 1. The summed E-state index contributed by atoms with van der Waals surface area (Å²) < 4.78 is 5.00. The minimum atomic E-state index is -0.691. The number of nitrogens with one attached hydrogen (secondary N) is 1. The molecule has 9 nitrogen and oxygen atoms in total. The Bertz CT molecular complexity index is 963. The minimum absolute atomic E-state index is 0.0199. The van der Waals surface area contributed by atoms with E-state index in [-0.39, 0.29) is 30.2 Å². The smallest absolute Gasteiger partial charge is 0.311 e. The van der Waals surface area contributed by atoms with Crippen LogP contribution in [0.2, 0.25) is 5.02 Å². The maximum absolute atomic E-state index is 12.2. The molecule has 0 bridgehead atoms. The molecule has 2 aromatic rings. The van der Waals surface area contributed by atoms with Crippen LogP contribution >= 0.6 is 11.6 Å². The summed E-state index contributed by atoms with van der Waals surface area (Å²) in [4.78, 5) is 48.0. The Balaban J connectivity index is 1.52. The van der Waals surface area contributed by atoms with Crippen LogP contribution in [0, 0.1) is 16.0 Å². The zero-order valence-corrected chi connectivity index (χ0v) is 15.8. The average molecular weight is 418 g/mol. The molecule has 1 atom stereocenters. The van der Waals surface area contributed by atoms with Crippen molar-refractivity contribution in [3.8, 4) is 0 Å². The molecule has 1 saturated heterocycles. The van der Waals surface area contributed by atoms with Crippen LogP contribution in [0.3, 0.4) is 0 Å². The zero-order valence-electron chi connectivity index (χ0n) is 15.0. The molecule has 2 aromatic carbocycles. The van der Waals surface area contributed by atoms with Crippen LogP contribution in [0.25, 0.3) is 0 Å². The summed E-state index contributed by atoms with van der Waals surface area (Å²) in [5.41, 5.74) is 0.662. The largest absolute Gasteiger partial charge is 0.455 e. The highest BCUT2D eigenvalue weighted by molar-refractivity contribution is 6.30. The van der Waals surface area contributed by atoms with Crippen molar-refractivity contribution >= 4 is 46.4 Å². The first-order valence-corrected chi connectivity index (χ1v) is 8.98. The molecule has 0 spiro atoms. The second kappa shape index (κ2) is 8.70. The molecule has 0 saturated carbocycles. The second-order valence-electron chi connectivity index (χ2n) is 6.35. The molecule has 29 heavy (non-hydrogen) atoms. The van der Waals surface area contributed by atoms with E-state index in [1.807, 2.05) is 0 Å². The number of nitro benzene ring substituents is 1. The van der Waals surface area contributed by atoms with Crippen molar-refractivity contribution in [3.63, 3.8) is 0 Å². The molecule has 1 N–H and O–H groups in total. The summed E-state index contributed by atoms with van der Waals surface area (Å²) in [6, 6.07) is 12.0. The van der Waals surface area contributed by atoms with Gasteiger partial charge in [0.2, 0.25) is 5.91 Å². The maximum atomic E-state index is 12.2. The van der Waals surface area contributed by atoms with Gasteiger partial charge >= 0.3 is 5.97 Å². The second-order valence-corrected chi connectivity index (χ2v) is 6.78. The zero-order chi connectivity index (χ0) is 21.0. The Kier molecular flexibility index (Phi) is 6.08. The predicted octanol–water partition coefficient (Wildman–Crippen LogP) is 2.78. The third kappa shape index (κ3) is 5.08. The van der Waals surface area contributed by atoms with Crippen LogP contribution < -0.4 is 10.2 Å². The van der Waals surface area contributed by atoms with Crippen molar-refractivity contribution in [2.24, 2.45) is 5.92 Å². The maximum Gasteiger partial charge on any atom is 0.311 e. The number of halogens is 1. The number of hydrogen-bond acceptors (Lipinski definition) is 6. The highest BCUT2D eigenvalue weighted by Gasteiger charge is 2.36. The number of nitrogens with zero attached hydrogens (tertiary/aromatic N) is 2. The quantitative estimate of drug-likeness (QED) is 0.438. The van der Waals surface area contributed by atoms with E-state index in [0.717, 1.165) is 0 Å². The molecule has 10 heteroatoms. The lowest BCUT2D eigenvalue weighted by Gasteiger charge is -2.16. The van der Waals surface area contributed by atoms with Crippen molar-refractivity contribution in [2.75, 3.05) is 23.4 Å². The Morgan fingerprint density at radius 3 is 2.66 bits per heavy atom. The van der Waals surface area contributed by atoms with E-state index in [2.05, 4.69) is 5.32 Å². The number of esters is 1. The summed E-state index contributed by atoms with van der Waals surface area (Å²) >= 11 is 5.84. The number of anilines is 2. The van der Waals surface area contributed by atoms with Crippen LogP contribution in [-0.2, 0) is 19.1 Å². The Morgan fingerprint density at radius 1 is 1.24 bits per heavy atom. The van der Waals surface area contributed by atoms with E-state index in [9.17, 15) is 24.5 Å². The van der Waals surface area contributed by atoms with Crippen molar-refractivity contribution in [2.45, 2.75) is 6.42 Å². The molecule has 1 aliphatic heterocycles. The molecule has 2 amide bonds. The number of non-ortho nitro benzene ring substituents is 1. The van der Waals surface area contributed by atoms with Crippen molar-refractivity contribution in [3.05, 3.63) is 63.7 Å². The number of benzene rings is 2. The topological polar surface area (TPSA) is 119 Å². The van der Waals surface area contributed by atoms with Crippen molar-refractivity contribution < 1.29 is 24.0 Å². The van der Waals surface area contributed by atoms with Gasteiger partial charge in [0.1, 0.15) is 0 Å². The summed E-state index contributed by atoms with van der Waals surface area (Å²) in [5.74, 6) is -2.22. The van der Waals surface area contributed by atoms with E-state index in [1.165, 1.54) is 29.2 Å². The van der Waals surface area contributed by atoms with Crippen LogP contribution in [0.1, 0.15) is 6.42 Å². The number of rotatable bonds is 6.